The van der Waals surface area contributed by atoms with Gasteiger partial charge >= 0.3 is 0 Å². The largest absolute Gasteiger partial charge is 0.494 e. The Bertz CT molecular complexity index is 1210. The van der Waals surface area contributed by atoms with Crippen molar-refractivity contribution in [2.24, 2.45) is 0 Å². The minimum atomic E-state index is -3.72. The predicted molar refractivity (Wildman–Crippen MR) is 131 cm³/mol. The van der Waals surface area contributed by atoms with Gasteiger partial charge in [-0.25, -0.2) is 13.1 Å². The van der Waals surface area contributed by atoms with E-state index in [1.807, 2.05) is 35.0 Å². The lowest BCUT2D eigenvalue weighted by molar-refractivity contribution is 0.176. The summed E-state index contributed by atoms with van der Waals surface area (Å²) in [7, 11) is -0.499. The van der Waals surface area contributed by atoms with Crippen molar-refractivity contribution in [1.29, 1.82) is 0 Å². The van der Waals surface area contributed by atoms with Crippen LogP contribution in [0.25, 0.3) is 5.69 Å². The van der Waals surface area contributed by atoms with Gasteiger partial charge in [-0.05, 0) is 30.8 Å². The molecule has 4 rings (SSSR count). The fourth-order valence-corrected chi connectivity index (χ4v) is 5.74. The maximum atomic E-state index is 13.5. The summed E-state index contributed by atoms with van der Waals surface area (Å²) in [5.74, 6) is 0.727. The maximum absolute atomic E-state index is 13.5. The van der Waals surface area contributed by atoms with Crippen LogP contribution in [-0.2, 0) is 34.3 Å². The van der Waals surface area contributed by atoms with E-state index in [9.17, 15) is 8.42 Å². The standard InChI is InChI=1S/C25H32N4O4S/c1-4-27-15-14-23-21(18-27)22(26-29(23)24-12-8-9-13-25(24)33-3)19-28(16-17-32-2)34(30,31)20-10-6-5-7-11-20/h5-13H,4,14-19H2,1-3H3. The Kier molecular flexibility index (Phi) is 7.67. The highest BCUT2D eigenvalue weighted by Crippen LogP contribution is 2.31. The number of fused-ring (bicyclic) bond motifs is 1. The highest BCUT2D eigenvalue weighted by atomic mass is 32.2. The first-order valence-electron chi connectivity index (χ1n) is 11.5. The third-order valence-corrected chi connectivity index (χ3v) is 8.09. The van der Waals surface area contributed by atoms with Crippen molar-refractivity contribution in [2.45, 2.75) is 31.3 Å². The second-order valence-corrected chi connectivity index (χ2v) is 10.2. The monoisotopic (exact) mass is 484 g/mol. The number of aromatic nitrogens is 2. The first-order valence-corrected chi connectivity index (χ1v) is 12.9. The second kappa shape index (κ2) is 10.7. The van der Waals surface area contributed by atoms with Gasteiger partial charge in [-0.1, -0.05) is 37.3 Å². The van der Waals surface area contributed by atoms with Crippen LogP contribution in [0.2, 0.25) is 0 Å². The number of hydrogen-bond acceptors (Lipinski definition) is 6. The van der Waals surface area contributed by atoms with Gasteiger partial charge in [-0.3, -0.25) is 4.90 Å². The smallest absolute Gasteiger partial charge is 0.243 e. The molecular weight excluding hydrogens is 452 g/mol. The van der Waals surface area contributed by atoms with Gasteiger partial charge in [-0.15, -0.1) is 0 Å². The van der Waals surface area contributed by atoms with Crippen LogP contribution in [0.4, 0.5) is 0 Å². The summed E-state index contributed by atoms with van der Waals surface area (Å²) in [5.41, 5.74) is 3.80. The minimum absolute atomic E-state index is 0.169. The molecule has 0 bridgehead atoms. The summed E-state index contributed by atoms with van der Waals surface area (Å²) in [4.78, 5) is 2.62. The fraction of sp³-hybridized carbons (Fsp3) is 0.400. The first-order chi connectivity index (χ1) is 16.5. The highest BCUT2D eigenvalue weighted by Gasteiger charge is 2.30. The Balaban J connectivity index is 1.78. The van der Waals surface area contributed by atoms with Crippen LogP contribution in [0.5, 0.6) is 5.75 Å². The molecule has 2 heterocycles. The van der Waals surface area contributed by atoms with Crippen molar-refractivity contribution in [1.82, 2.24) is 19.0 Å². The van der Waals surface area contributed by atoms with Crippen LogP contribution in [0.3, 0.4) is 0 Å². The molecule has 3 aromatic rings. The zero-order chi connectivity index (χ0) is 24.1. The molecule has 1 aliphatic heterocycles. The quantitative estimate of drug-likeness (QED) is 0.440. The number of ether oxygens (including phenoxy) is 2. The molecule has 8 nitrogen and oxygen atoms in total. The Morgan fingerprint density at radius 2 is 1.79 bits per heavy atom. The molecule has 1 aliphatic rings. The van der Waals surface area contributed by atoms with E-state index in [1.165, 1.54) is 4.31 Å². The second-order valence-electron chi connectivity index (χ2n) is 8.22. The van der Waals surface area contributed by atoms with E-state index in [4.69, 9.17) is 14.6 Å². The topological polar surface area (TPSA) is 76.9 Å². The highest BCUT2D eigenvalue weighted by molar-refractivity contribution is 7.89. The average molecular weight is 485 g/mol. The molecule has 9 heteroatoms. The third kappa shape index (κ3) is 4.88. The molecule has 0 unspecified atom stereocenters. The number of rotatable bonds is 10. The Labute approximate surface area is 201 Å². The predicted octanol–water partition coefficient (Wildman–Crippen LogP) is 3.10. The van der Waals surface area contributed by atoms with E-state index in [1.54, 1.807) is 38.5 Å². The zero-order valence-corrected chi connectivity index (χ0v) is 20.8. The summed E-state index contributed by atoms with van der Waals surface area (Å²) >= 11 is 0. The summed E-state index contributed by atoms with van der Waals surface area (Å²) in [5, 5.41) is 4.96. The molecule has 182 valence electrons. The van der Waals surface area contributed by atoms with Gasteiger partial charge in [0.1, 0.15) is 11.4 Å². The van der Waals surface area contributed by atoms with Crippen LogP contribution in [-0.4, -0.2) is 67.9 Å². The molecule has 0 saturated heterocycles. The van der Waals surface area contributed by atoms with Gasteiger partial charge in [0.15, 0.2) is 0 Å². The van der Waals surface area contributed by atoms with Crippen molar-refractivity contribution in [3.05, 3.63) is 71.5 Å². The van der Waals surface area contributed by atoms with Crippen LogP contribution in [0, 0.1) is 0 Å². The molecule has 1 aromatic heterocycles. The summed E-state index contributed by atoms with van der Waals surface area (Å²) in [6.45, 7) is 5.43. The van der Waals surface area contributed by atoms with E-state index in [0.717, 1.165) is 54.4 Å². The van der Waals surface area contributed by atoms with E-state index >= 15 is 0 Å². The van der Waals surface area contributed by atoms with Gasteiger partial charge in [0, 0.05) is 38.7 Å². The molecule has 0 atom stereocenters. The molecule has 0 aliphatic carbocycles. The Morgan fingerprint density at radius 1 is 1.06 bits per heavy atom. The van der Waals surface area contributed by atoms with Gasteiger partial charge in [0.05, 0.1) is 36.5 Å². The lowest BCUT2D eigenvalue weighted by atomic mass is 10.0. The normalized spacial score (nSPS) is 14.4. The van der Waals surface area contributed by atoms with Gasteiger partial charge in [0.2, 0.25) is 10.0 Å². The number of nitrogens with zero attached hydrogens (tertiary/aromatic N) is 4. The van der Waals surface area contributed by atoms with Crippen molar-refractivity contribution in [3.63, 3.8) is 0 Å². The third-order valence-electron chi connectivity index (χ3n) is 6.23. The number of benzene rings is 2. The number of hydrogen-bond donors (Lipinski definition) is 0. The van der Waals surface area contributed by atoms with Crippen molar-refractivity contribution in [2.75, 3.05) is 40.5 Å². The lowest BCUT2D eigenvalue weighted by Gasteiger charge is -2.27. The van der Waals surface area contributed by atoms with Crippen molar-refractivity contribution in [3.8, 4) is 11.4 Å². The van der Waals surface area contributed by atoms with E-state index < -0.39 is 10.0 Å². The molecule has 0 N–H and O–H groups in total. The summed E-state index contributed by atoms with van der Waals surface area (Å²) in [6.07, 6.45) is 0.831. The molecule has 0 saturated carbocycles. The summed E-state index contributed by atoms with van der Waals surface area (Å²) in [6, 6.07) is 16.3. The molecule has 0 spiro atoms. The zero-order valence-electron chi connectivity index (χ0n) is 20.0. The lowest BCUT2D eigenvalue weighted by Crippen LogP contribution is -2.35. The number of para-hydroxylation sites is 2. The van der Waals surface area contributed by atoms with Crippen molar-refractivity contribution < 1.29 is 17.9 Å². The SMILES string of the molecule is CCN1CCc2c(c(CN(CCOC)S(=O)(=O)c3ccccc3)nn2-c2ccccc2OC)C1. The Morgan fingerprint density at radius 3 is 2.50 bits per heavy atom. The van der Waals surface area contributed by atoms with E-state index in [-0.39, 0.29) is 18.0 Å². The van der Waals surface area contributed by atoms with E-state index in [2.05, 4.69) is 11.8 Å². The molecular formula is C25H32N4O4S. The number of likely N-dealkylation sites (N-methyl/N-ethyl adjacent to an activating group) is 1. The summed E-state index contributed by atoms with van der Waals surface area (Å²) < 4.78 is 41.3. The van der Waals surface area contributed by atoms with Crippen LogP contribution in [0.15, 0.2) is 59.5 Å². The molecule has 0 radical (unpaired) electrons. The van der Waals surface area contributed by atoms with Gasteiger partial charge < -0.3 is 9.47 Å². The number of methoxy groups -OCH3 is 2. The first kappa shape index (κ1) is 24.4. The van der Waals surface area contributed by atoms with Gasteiger partial charge in [-0.2, -0.15) is 9.40 Å². The Hall–Kier alpha value is -2.72. The van der Waals surface area contributed by atoms with E-state index in [0.29, 0.717) is 6.61 Å². The molecule has 34 heavy (non-hydrogen) atoms. The van der Waals surface area contributed by atoms with Crippen molar-refractivity contribution >= 4 is 10.0 Å². The fourth-order valence-electron chi connectivity index (χ4n) is 4.33. The van der Waals surface area contributed by atoms with Crippen LogP contribution < -0.4 is 4.74 Å². The average Bonchev–Trinajstić information content (AvgIpc) is 3.24. The van der Waals surface area contributed by atoms with Crippen LogP contribution >= 0.6 is 0 Å². The van der Waals surface area contributed by atoms with Crippen LogP contribution in [0.1, 0.15) is 23.9 Å². The number of sulfonamides is 1. The molecule has 0 amide bonds. The molecule has 2 aromatic carbocycles. The molecule has 0 fully saturated rings. The van der Waals surface area contributed by atoms with Gasteiger partial charge in [0.25, 0.3) is 0 Å². The maximum Gasteiger partial charge on any atom is 0.243 e. The minimum Gasteiger partial charge on any atom is -0.494 e.